The lowest BCUT2D eigenvalue weighted by atomic mass is 9.90. The number of rotatable bonds is 6. The van der Waals surface area contributed by atoms with Crippen LogP contribution in [0.3, 0.4) is 0 Å². The summed E-state index contributed by atoms with van der Waals surface area (Å²) < 4.78 is 28.1. The molecule has 1 aliphatic rings. The minimum Gasteiger partial charge on any atom is -0.463 e. The largest absolute Gasteiger partial charge is 0.463 e. The lowest BCUT2D eigenvalue weighted by Crippen LogP contribution is -2.59. The molecule has 0 N–H and O–H groups in total. The smallest absolute Gasteiger partial charge is 0.303 e. The zero-order chi connectivity index (χ0) is 22.4. The fourth-order valence-corrected chi connectivity index (χ4v) is 3.60. The Hall–Kier alpha value is -2.46. The molecule has 0 spiro atoms. The Bertz CT molecular complexity index is 809. The average molecular weight is 487 g/mol. The van der Waals surface area contributed by atoms with Crippen LogP contribution in [0.4, 0.5) is 0 Å². The third kappa shape index (κ3) is 6.53. The van der Waals surface area contributed by atoms with Crippen molar-refractivity contribution in [1.29, 1.82) is 0 Å². The van der Waals surface area contributed by atoms with Gasteiger partial charge in [-0.2, -0.15) is 0 Å². The standard InChI is InChI=1S/C20H23BrO9/c1-10(22)26-9-16-18(27-11(2)23)20(29-13(4)25)19(28-12(3)24)17(30-16)14-6-5-7-15(21)8-14/h5-8,16-20H,9H2,1-4H3/t16-,17?,18-,19-,20+/m1/s1. The number of benzene rings is 1. The first kappa shape index (κ1) is 23.8. The van der Waals surface area contributed by atoms with Crippen LogP contribution in [-0.2, 0) is 42.9 Å². The summed E-state index contributed by atoms with van der Waals surface area (Å²) in [5, 5.41) is 0. The Kier molecular flexibility index (Phi) is 8.36. The summed E-state index contributed by atoms with van der Waals surface area (Å²) in [6.07, 6.45) is -5.33. The SMILES string of the molecule is CC(=O)OC[C@H]1OC(c2cccc(Br)c2)[C@@H](OC(C)=O)[C@@H](OC(C)=O)[C@@H]1OC(C)=O. The summed E-state index contributed by atoms with van der Waals surface area (Å²) in [7, 11) is 0. The van der Waals surface area contributed by atoms with Gasteiger partial charge in [0.05, 0.1) is 0 Å². The molecule has 1 aromatic carbocycles. The van der Waals surface area contributed by atoms with Crippen LogP contribution in [0.15, 0.2) is 28.7 Å². The fourth-order valence-electron chi connectivity index (χ4n) is 3.18. The summed E-state index contributed by atoms with van der Waals surface area (Å²) >= 11 is 3.38. The molecular formula is C20H23BrO9. The number of carbonyl (C=O) groups is 4. The minimum absolute atomic E-state index is 0.262. The number of ether oxygens (including phenoxy) is 5. The molecule has 1 heterocycles. The molecule has 1 aliphatic heterocycles. The third-order valence-corrected chi connectivity index (χ3v) is 4.66. The summed E-state index contributed by atoms with van der Waals surface area (Å²) in [6, 6.07) is 7.05. The van der Waals surface area contributed by atoms with Crippen molar-refractivity contribution in [3.63, 3.8) is 0 Å². The first-order valence-corrected chi connectivity index (χ1v) is 9.93. The van der Waals surface area contributed by atoms with Crippen LogP contribution in [0, 0.1) is 0 Å². The Balaban J connectivity index is 2.53. The van der Waals surface area contributed by atoms with Crippen molar-refractivity contribution in [3.8, 4) is 0 Å². The number of hydrogen-bond donors (Lipinski definition) is 0. The molecule has 10 heteroatoms. The minimum atomic E-state index is -1.19. The van der Waals surface area contributed by atoms with Crippen molar-refractivity contribution in [3.05, 3.63) is 34.3 Å². The highest BCUT2D eigenvalue weighted by Crippen LogP contribution is 2.38. The van der Waals surface area contributed by atoms with Crippen LogP contribution in [-0.4, -0.2) is 54.9 Å². The molecule has 164 valence electrons. The zero-order valence-electron chi connectivity index (χ0n) is 17.0. The van der Waals surface area contributed by atoms with Gasteiger partial charge < -0.3 is 23.7 Å². The van der Waals surface area contributed by atoms with E-state index in [4.69, 9.17) is 23.7 Å². The normalized spacial score (nSPS) is 25.7. The number of halogens is 1. The first-order valence-electron chi connectivity index (χ1n) is 9.14. The molecule has 2 rings (SSSR count). The van der Waals surface area contributed by atoms with Crippen LogP contribution in [0.25, 0.3) is 0 Å². The predicted octanol–water partition coefficient (Wildman–Crippen LogP) is 2.25. The van der Waals surface area contributed by atoms with Gasteiger partial charge in [0.15, 0.2) is 18.3 Å². The Morgan fingerprint density at radius 2 is 1.43 bits per heavy atom. The predicted molar refractivity (Wildman–Crippen MR) is 105 cm³/mol. The Labute approximate surface area is 182 Å². The summed E-state index contributed by atoms with van der Waals surface area (Å²) in [5.41, 5.74) is 0.613. The summed E-state index contributed by atoms with van der Waals surface area (Å²) in [5.74, 6) is -2.54. The van der Waals surface area contributed by atoms with Crippen molar-refractivity contribution < 1.29 is 42.9 Å². The van der Waals surface area contributed by atoms with Gasteiger partial charge in [-0.15, -0.1) is 0 Å². The maximum atomic E-state index is 11.8. The van der Waals surface area contributed by atoms with Gasteiger partial charge >= 0.3 is 23.9 Å². The summed E-state index contributed by atoms with van der Waals surface area (Å²) in [4.78, 5) is 46.7. The average Bonchev–Trinajstić information content (AvgIpc) is 2.62. The maximum absolute atomic E-state index is 11.8. The lowest BCUT2D eigenvalue weighted by Gasteiger charge is -2.44. The molecule has 0 amide bonds. The molecule has 0 radical (unpaired) electrons. The molecule has 9 nitrogen and oxygen atoms in total. The van der Waals surface area contributed by atoms with Crippen molar-refractivity contribution >= 4 is 39.8 Å². The van der Waals surface area contributed by atoms with Gasteiger partial charge in [0.1, 0.15) is 18.8 Å². The molecule has 1 unspecified atom stereocenters. The van der Waals surface area contributed by atoms with E-state index >= 15 is 0 Å². The summed E-state index contributed by atoms with van der Waals surface area (Å²) in [6.45, 7) is 4.52. The molecule has 30 heavy (non-hydrogen) atoms. The van der Waals surface area contributed by atoms with Crippen LogP contribution in [0.5, 0.6) is 0 Å². The van der Waals surface area contributed by atoms with E-state index in [2.05, 4.69) is 15.9 Å². The molecule has 0 aromatic heterocycles. The Morgan fingerprint density at radius 3 is 1.97 bits per heavy atom. The van der Waals surface area contributed by atoms with E-state index in [0.717, 1.165) is 4.47 Å². The topological polar surface area (TPSA) is 114 Å². The molecule has 0 saturated carbocycles. The maximum Gasteiger partial charge on any atom is 0.303 e. The van der Waals surface area contributed by atoms with Gasteiger partial charge in [-0.25, -0.2) is 0 Å². The van der Waals surface area contributed by atoms with E-state index in [1.165, 1.54) is 27.7 Å². The zero-order valence-corrected chi connectivity index (χ0v) is 18.5. The van der Waals surface area contributed by atoms with Crippen LogP contribution in [0.2, 0.25) is 0 Å². The van der Waals surface area contributed by atoms with Gasteiger partial charge in [0.25, 0.3) is 0 Å². The molecule has 1 fully saturated rings. The molecule has 0 bridgehead atoms. The highest BCUT2D eigenvalue weighted by Gasteiger charge is 2.52. The van der Waals surface area contributed by atoms with E-state index in [9.17, 15) is 19.2 Å². The van der Waals surface area contributed by atoms with E-state index < -0.39 is 54.4 Å². The van der Waals surface area contributed by atoms with Gasteiger partial charge in [-0.05, 0) is 17.7 Å². The number of hydrogen-bond acceptors (Lipinski definition) is 9. The van der Waals surface area contributed by atoms with E-state index in [1.54, 1.807) is 24.3 Å². The van der Waals surface area contributed by atoms with Crippen LogP contribution < -0.4 is 0 Å². The molecule has 5 atom stereocenters. The second-order valence-corrected chi connectivity index (χ2v) is 7.59. The van der Waals surface area contributed by atoms with Crippen LogP contribution >= 0.6 is 15.9 Å². The van der Waals surface area contributed by atoms with Gasteiger partial charge in [0.2, 0.25) is 0 Å². The highest BCUT2D eigenvalue weighted by molar-refractivity contribution is 9.10. The lowest BCUT2D eigenvalue weighted by molar-refractivity contribution is -0.254. The first-order chi connectivity index (χ1) is 14.1. The fraction of sp³-hybridized carbons (Fsp3) is 0.500. The van der Waals surface area contributed by atoms with E-state index in [1.807, 2.05) is 0 Å². The quantitative estimate of drug-likeness (QED) is 0.440. The van der Waals surface area contributed by atoms with Crippen molar-refractivity contribution in [2.24, 2.45) is 0 Å². The van der Waals surface area contributed by atoms with Gasteiger partial charge in [-0.1, -0.05) is 28.1 Å². The van der Waals surface area contributed by atoms with Crippen molar-refractivity contribution in [1.82, 2.24) is 0 Å². The highest BCUT2D eigenvalue weighted by atomic mass is 79.9. The van der Waals surface area contributed by atoms with Crippen molar-refractivity contribution in [2.75, 3.05) is 6.61 Å². The second-order valence-electron chi connectivity index (χ2n) is 6.67. The van der Waals surface area contributed by atoms with Crippen LogP contribution in [0.1, 0.15) is 39.4 Å². The van der Waals surface area contributed by atoms with Gasteiger partial charge in [0, 0.05) is 32.2 Å². The number of esters is 4. The molecular weight excluding hydrogens is 464 g/mol. The molecule has 0 aliphatic carbocycles. The monoisotopic (exact) mass is 486 g/mol. The number of carbonyl (C=O) groups excluding carboxylic acids is 4. The molecule has 1 saturated heterocycles. The second kappa shape index (κ2) is 10.5. The third-order valence-electron chi connectivity index (χ3n) is 4.17. The van der Waals surface area contributed by atoms with Crippen molar-refractivity contribution in [2.45, 2.75) is 58.2 Å². The van der Waals surface area contributed by atoms with E-state index in [-0.39, 0.29) is 6.61 Å². The van der Waals surface area contributed by atoms with E-state index in [0.29, 0.717) is 5.56 Å². The van der Waals surface area contributed by atoms with Gasteiger partial charge in [-0.3, -0.25) is 19.2 Å². The Morgan fingerprint density at radius 1 is 0.867 bits per heavy atom. The molecule has 1 aromatic rings.